The van der Waals surface area contributed by atoms with Gasteiger partial charge in [-0.2, -0.15) is 0 Å². The zero-order valence-electron chi connectivity index (χ0n) is 16.4. The number of anilines is 1. The number of morpholine rings is 1. The lowest BCUT2D eigenvalue weighted by molar-refractivity contribution is -0.134. The summed E-state index contributed by atoms with van der Waals surface area (Å²) in [6.07, 6.45) is 0. The van der Waals surface area contributed by atoms with Crippen LogP contribution in [-0.2, 0) is 16.1 Å². The van der Waals surface area contributed by atoms with E-state index in [1.165, 1.54) is 0 Å². The van der Waals surface area contributed by atoms with E-state index in [9.17, 15) is 4.79 Å². The monoisotopic (exact) mass is 404 g/mol. The first kappa shape index (κ1) is 20.4. The van der Waals surface area contributed by atoms with Gasteiger partial charge in [0.2, 0.25) is 0 Å². The second-order valence-corrected chi connectivity index (χ2v) is 7.57. The molecule has 28 heavy (non-hydrogen) atoms. The standard InChI is InChI=1S/C20H25ClN4O3/c1-14-12-18(25-8-10-27-11-9-25)24-17(23-14)13-22-19(26)20(2,3)28-16-6-4-15(21)5-7-16/h4-7,12H,8-11,13H2,1-3H3,(H,22,26). The van der Waals surface area contributed by atoms with E-state index in [-0.39, 0.29) is 12.5 Å². The Bertz CT molecular complexity index is 821. The van der Waals surface area contributed by atoms with Crippen molar-refractivity contribution in [2.75, 3.05) is 31.2 Å². The van der Waals surface area contributed by atoms with Gasteiger partial charge in [-0.15, -0.1) is 0 Å². The minimum absolute atomic E-state index is 0.227. The molecule has 2 heterocycles. The predicted molar refractivity (Wildman–Crippen MR) is 108 cm³/mol. The molecular weight excluding hydrogens is 380 g/mol. The van der Waals surface area contributed by atoms with Crippen LogP contribution >= 0.6 is 11.6 Å². The normalized spacial score (nSPS) is 14.6. The molecule has 8 heteroatoms. The topological polar surface area (TPSA) is 76.6 Å². The van der Waals surface area contributed by atoms with E-state index < -0.39 is 5.60 Å². The molecule has 0 atom stereocenters. The molecule has 1 amide bonds. The minimum atomic E-state index is -1.05. The third kappa shape index (κ3) is 5.33. The van der Waals surface area contributed by atoms with Gasteiger partial charge in [0.05, 0.1) is 19.8 Å². The number of aromatic nitrogens is 2. The molecule has 1 aromatic carbocycles. The van der Waals surface area contributed by atoms with Crippen LogP contribution in [-0.4, -0.2) is 47.8 Å². The molecule has 3 rings (SSSR count). The summed E-state index contributed by atoms with van der Waals surface area (Å²) in [4.78, 5) is 23.8. The number of carbonyl (C=O) groups excluding carboxylic acids is 1. The molecule has 150 valence electrons. The van der Waals surface area contributed by atoms with Crippen LogP contribution in [0.15, 0.2) is 30.3 Å². The van der Waals surface area contributed by atoms with Gasteiger partial charge in [0.15, 0.2) is 5.60 Å². The number of hydrogen-bond donors (Lipinski definition) is 1. The molecule has 1 N–H and O–H groups in total. The maximum Gasteiger partial charge on any atom is 0.263 e. The van der Waals surface area contributed by atoms with Gasteiger partial charge in [-0.05, 0) is 45.0 Å². The molecule has 0 unspecified atom stereocenters. The van der Waals surface area contributed by atoms with Gasteiger partial charge in [-0.1, -0.05) is 11.6 Å². The Kier molecular flexibility index (Phi) is 6.36. The first-order valence-corrected chi connectivity index (χ1v) is 9.61. The lowest BCUT2D eigenvalue weighted by Crippen LogP contribution is -2.46. The molecule has 7 nitrogen and oxygen atoms in total. The highest BCUT2D eigenvalue weighted by molar-refractivity contribution is 6.30. The number of nitrogens with zero attached hydrogens (tertiary/aromatic N) is 3. The van der Waals surface area contributed by atoms with Crippen LogP contribution in [0.1, 0.15) is 25.4 Å². The summed E-state index contributed by atoms with van der Waals surface area (Å²) in [5.74, 6) is 1.75. The van der Waals surface area contributed by atoms with Crippen molar-refractivity contribution in [2.45, 2.75) is 32.9 Å². The SMILES string of the molecule is Cc1cc(N2CCOCC2)nc(CNC(=O)C(C)(C)Oc2ccc(Cl)cc2)n1. The summed E-state index contributed by atoms with van der Waals surface area (Å²) >= 11 is 5.89. The van der Waals surface area contributed by atoms with E-state index in [2.05, 4.69) is 20.2 Å². The Morgan fingerprint density at radius 2 is 1.93 bits per heavy atom. The second kappa shape index (κ2) is 8.75. The first-order valence-electron chi connectivity index (χ1n) is 9.24. The summed E-state index contributed by atoms with van der Waals surface area (Å²) in [6, 6.07) is 8.85. The van der Waals surface area contributed by atoms with Crippen LogP contribution in [0.2, 0.25) is 5.02 Å². The number of nitrogens with one attached hydrogen (secondary N) is 1. The summed E-state index contributed by atoms with van der Waals surface area (Å²) in [5, 5.41) is 3.48. The molecule has 0 saturated carbocycles. The lowest BCUT2D eigenvalue weighted by Gasteiger charge is -2.28. The number of benzene rings is 1. The zero-order valence-corrected chi connectivity index (χ0v) is 17.1. The highest BCUT2D eigenvalue weighted by Crippen LogP contribution is 2.21. The summed E-state index contributed by atoms with van der Waals surface area (Å²) in [6.45, 7) is 8.54. The number of carbonyl (C=O) groups is 1. The van der Waals surface area contributed by atoms with E-state index in [0.29, 0.717) is 29.8 Å². The molecule has 0 spiro atoms. The molecule has 1 aliphatic heterocycles. The molecular formula is C20H25ClN4O3. The number of amides is 1. The number of aryl methyl sites for hydroxylation is 1. The van der Waals surface area contributed by atoms with Crippen molar-refractivity contribution in [1.29, 1.82) is 0 Å². The van der Waals surface area contributed by atoms with Crippen molar-refractivity contribution in [3.05, 3.63) is 46.9 Å². The zero-order chi connectivity index (χ0) is 20.1. The van der Waals surface area contributed by atoms with Crippen molar-refractivity contribution in [2.24, 2.45) is 0 Å². The molecule has 1 fully saturated rings. The number of hydrogen-bond acceptors (Lipinski definition) is 6. The van der Waals surface area contributed by atoms with Crippen molar-refractivity contribution in [1.82, 2.24) is 15.3 Å². The molecule has 1 saturated heterocycles. The maximum absolute atomic E-state index is 12.6. The van der Waals surface area contributed by atoms with E-state index >= 15 is 0 Å². The number of rotatable bonds is 6. The van der Waals surface area contributed by atoms with Crippen molar-refractivity contribution in [3.63, 3.8) is 0 Å². The third-order valence-electron chi connectivity index (χ3n) is 4.36. The Morgan fingerprint density at radius 1 is 1.25 bits per heavy atom. The fraction of sp³-hybridized carbons (Fsp3) is 0.450. The van der Waals surface area contributed by atoms with Gasteiger partial charge < -0.3 is 19.7 Å². The van der Waals surface area contributed by atoms with Crippen LogP contribution in [0.5, 0.6) is 5.75 Å². The van der Waals surface area contributed by atoms with Crippen molar-refractivity contribution < 1.29 is 14.3 Å². The quantitative estimate of drug-likeness (QED) is 0.797. The van der Waals surface area contributed by atoms with E-state index in [4.69, 9.17) is 21.1 Å². The summed E-state index contributed by atoms with van der Waals surface area (Å²) in [7, 11) is 0. The molecule has 2 aromatic rings. The number of halogens is 1. The Balaban J connectivity index is 1.63. The smallest absolute Gasteiger partial charge is 0.263 e. The molecule has 0 radical (unpaired) electrons. The largest absolute Gasteiger partial charge is 0.478 e. The van der Waals surface area contributed by atoms with Crippen LogP contribution in [0, 0.1) is 6.92 Å². The highest BCUT2D eigenvalue weighted by Gasteiger charge is 2.30. The van der Waals surface area contributed by atoms with Gasteiger partial charge >= 0.3 is 0 Å². The van der Waals surface area contributed by atoms with Gasteiger partial charge in [0.1, 0.15) is 17.4 Å². The highest BCUT2D eigenvalue weighted by atomic mass is 35.5. The van der Waals surface area contributed by atoms with Crippen molar-refractivity contribution >= 4 is 23.3 Å². The van der Waals surface area contributed by atoms with Gasteiger partial charge in [0.25, 0.3) is 5.91 Å². The van der Waals surface area contributed by atoms with Gasteiger partial charge in [0, 0.05) is 29.9 Å². The predicted octanol–water partition coefficient (Wildman–Crippen LogP) is 2.75. The molecule has 1 aliphatic rings. The van der Waals surface area contributed by atoms with Crippen LogP contribution in [0.3, 0.4) is 0 Å². The van der Waals surface area contributed by atoms with Gasteiger partial charge in [-0.25, -0.2) is 9.97 Å². The minimum Gasteiger partial charge on any atom is -0.478 e. The molecule has 1 aromatic heterocycles. The first-order chi connectivity index (χ1) is 13.3. The van der Waals surface area contributed by atoms with Crippen LogP contribution in [0.25, 0.3) is 0 Å². The van der Waals surface area contributed by atoms with Crippen LogP contribution < -0.4 is 15.0 Å². The van der Waals surface area contributed by atoms with E-state index in [0.717, 1.165) is 24.6 Å². The average Bonchev–Trinajstić information content (AvgIpc) is 2.68. The second-order valence-electron chi connectivity index (χ2n) is 7.13. The Morgan fingerprint density at radius 3 is 2.61 bits per heavy atom. The average molecular weight is 405 g/mol. The maximum atomic E-state index is 12.6. The lowest BCUT2D eigenvalue weighted by atomic mass is 10.1. The van der Waals surface area contributed by atoms with Crippen molar-refractivity contribution in [3.8, 4) is 5.75 Å². The Labute approximate surface area is 170 Å². The third-order valence-corrected chi connectivity index (χ3v) is 4.61. The van der Waals surface area contributed by atoms with E-state index in [1.54, 1.807) is 38.1 Å². The fourth-order valence-electron chi connectivity index (χ4n) is 2.86. The summed E-state index contributed by atoms with van der Waals surface area (Å²) < 4.78 is 11.2. The van der Waals surface area contributed by atoms with Gasteiger partial charge in [-0.3, -0.25) is 4.79 Å². The Hall–Kier alpha value is -2.38. The fourth-order valence-corrected chi connectivity index (χ4v) is 2.99. The summed E-state index contributed by atoms with van der Waals surface area (Å²) in [5.41, 5.74) is -0.192. The molecule has 0 aliphatic carbocycles. The number of ether oxygens (including phenoxy) is 2. The van der Waals surface area contributed by atoms with Crippen LogP contribution in [0.4, 0.5) is 5.82 Å². The van der Waals surface area contributed by atoms with E-state index in [1.807, 2.05) is 13.0 Å². The molecule has 0 bridgehead atoms.